The van der Waals surface area contributed by atoms with Crippen molar-refractivity contribution >= 4 is 5.82 Å². The Kier molecular flexibility index (Phi) is 5.16. The van der Waals surface area contributed by atoms with Crippen LogP contribution in [0.3, 0.4) is 0 Å². The molecule has 0 radical (unpaired) electrons. The molecule has 1 unspecified atom stereocenters. The molecular formula is C15H24N2O2. The molecule has 1 aromatic heterocycles. The molecule has 4 nitrogen and oxygen atoms in total. The summed E-state index contributed by atoms with van der Waals surface area (Å²) in [5.74, 6) is 0.979. The Balaban J connectivity index is 2.23. The maximum Gasteiger partial charge on any atom is 0.129 e. The minimum atomic E-state index is 0.0755. The van der Waals surface area contributed by atoms with E-state index in [2.05, 4.69) is 18.7 Å². The number of aromatic nitrogens is 1. The third-order valence-electron chi connectivity index (χ3n) is 3.39. The smallest absolute Gasteiger partial charge is 0.129 e. The number of pyridine rings is 1. The van der Waals surface area contributed by atoms with Crippen molar-refractivity contribution in [1.29, 1.82) is 0 Å². The quantitative estimate of drug-likeness (QED) is 0.905. The lowest BCUT2D eigenvalue weighted by molar-refractivity contribution is 0.0820. The van der Waals surface area contributed by atoms with Gasteiger partial charge in [-0.1, -0.05) is 13.3 Å². The zero-order valence-electron chi connectivity index (χ0n) is 11.9. The van der Waals surface area contributed by atoms with Crippen LogP contribution in [0.25, 0.3) is 0 Å². The summed E-state index contributed by atoms with van der Waals surface area (Å²) in [6.07, 6.45) is 3.29. The molecule has 1 saturated heterocycles. The highest BCUT2D eigenvalue weighted by Crippen LogP contribution is 2.19. The van der Waals surface area contributed by atoms with E-state index in [1.165, 1.54) is 0 Å². The van der Waals surface area contributed by atoms with Gasteiger partial charge < -0.3 is 14.7 Å². The van der Waals surface area contributed by atoms with Crippen LogP contribution in [0, 0.1) is 0 Å². The molecule has 2 heterocycles. The van der Waals surface area contributed by atoms with E-state index in [1.54, 1.807) is 0 Å². The first-order valence-electron chi connectivity index (χ1n) is 7.20. The van der Waals surface area contributed by atoms with Gasteiger partial charge in [0, 0.05) is 25.4 Å². The number of hydrogen-bond acceptors (Lipinski definition) is 4. The molecule has 0 aromatic carbocycles. The molecule has 1 atom stereocenters. The second-order valence-electron chi connectivity index (χ2n) is 5.21. The fraction of sp³-hybridized carbons (Fsp3) is 0.667. The highest BCUT2D eigenvalue weighted by molar-refractivity contribution is 5.43. The third-order valence-corrected chi connectivity index (χ3v) is 3.39. The molecular weight excluding hydrogens is 240 g/mol. The normalized spacial score (nSPS) is 20.4. The van der Waals surface area contributed by atoms with Crippen LogP contribution in [0.4, 0.5) is 5.82 Å². The summed E-state index contributed by atoms with van der Waals surface area (Å²) in [5, 5.41) is 9.39. The molecule has 106 valence electrons. The van der Waals surface area contributed by atoms with Gasteiger partial charge in [0.05, 0.1) is 12.7 Å². The highest BCUT2D eigenvalue weighted by Gasteiger charge is 2.17. The predicted octanol–water partition coefficient (Wildman–Crippen LogP) is 2.14. The Bertz CT molecular complexity index is 409. The van der Waals surface area contributed by atoms with E-state index in [4.69, 9.17) is 9.72 Å². The SMILES string of the molecule is CCCc1cc(CO)cc(N2CCCOC(C)C2)n1. The Morgan fingerprint density at radius 2 is 2.32 bits per heavy atom. The van der Waals surface area contributed by atoms with Crippen molar-refractivity contribution in [3.05, 3.63) is 23.4 Å². The number of nitrogens with zero attached hydrogens (tertiary/aromatic N) is 2. The molecule has 0 saturated carbocycles. The summed E-state index contributed by atoms with van der Waals surface area (Å²) in [5.41, 5.74) is 2.02. The van der Waals surface area contributed by atoms with Gasteiger partial charge in [-0.05, 0) is 37.5 Å². The van der Waals surface area contributed by atoms with Crippen LogP contribution >= 0.6 is 0 Å². The topological polar surface area (TPSA) is 45.6 Å². The molecule has 0 amide bonds. The number of hydrogen-bond donors (Lipinski definition) is 1. The number of anilines is 1. The summed E-state index contributed by atoms with van der Waals surface area (Å²) in [7, 11) is 0. The van der Waals surface area contributed by atoms with Gasteiger partial charge >= 0.3 is 0 Å². The first-order valence-corrected chi connectivity index (χ1v) is 7.20. The van der Waals surface area contributed by atoms with E-state index in [9.17, 15) is 5.11 Å². The van der Waals surface area contributed by atoms with Crippen molar-refractivity contribution in [2.24, 2.45) is 0 Å². The zero-order chi connectivity index (χ0) is 13.7. The van der Waals surface area contributed by atoms with Gasteiger partial charge in [-0.3, -0.25) is 0 Å². The van der Waals surface area contributed by atoms with Gasteiger partial charge in [-0.25, -0.2) is 4.98 Å². The summed E-state index contributed by atoms with van der Waals surface area (Å²) < 4.78 is 5.67. The van der Waals surface area contributed by atoms with Crippen molar-refractivity contribution in [3.63, 3.8) is 0 Å². The van der Waals surface area contributed by atoms with Crippen molar-refractivity contribution < 1.29 is 9.84 Å². The molecule has 1 fully saturated rings. The van der Waals surface area contributed by atoms with Crippen LogP contribution < -0.4 is 4.90 Å². The van der Waals surface area contributed by atoms with E-state index < -0.39 is 0 Å². The van der Waals surface area contributed by atoms with E-state index in [1.807, 2.05) is 12.1 Å². The van der Waals surface area contributed by atoms with Gasteiger partial charge in [0.25, 0.3) is 0 Å². The first-order chi connectivity index (χ1) is 9.22. The van der Waals surface area contributed by atoms with Crippen LogP contribution in [-0.4, -0.2) is 35.9 Å². The van der Waals surface area contributed by atoms with Crippen LogP contribution in [0.2, 0.25) is 0 Å². The van der Waals surface area contributed by atoms with Gasteiger partial charge in [-0.2, -0.15) is 0 Å². The second-order valence-corrected chi connectivity index (χ2v) is 5.21. The maximum absolute atomic E-state index is 9.39. The molecule has 2 rings (SSSR count). The van der Waals surface area contributed by atoms with Crippen molar-refractivity contribution in [3.8, 4) is 0 Å². The number of aliphatic hydroxyl groups excluding tert-OH is 1. The maximum atomic E-state index is 9.39. The van der Waals surface area contributed by atoms with Crippen molar-refractivity contribution in [1.82, 2.24) is 4.98 Å². The summed E-state index contributed by atoms with van der Waals surface area (Å²) >= 11 is 0. The molecule has 0 spiro atoms. The summed E-state index contributed by atoms with van der Waals surface area (Å²) in [6.45, 7) is 6.98. The number of rotatable bonds is 4. The monoisotopic (exact) mass is 264 g/mol. The van der Waals surface area contributed by atoms with Crippen LogP contribution in [-0.2, 0) is 17.8 Å². The molecule has 4 heteroatoms. The lowest BCUT2D eigenvalue weighted by Gasteiger charge is -2.24. The fourth-order valence-electron chi connectivity index (χ4n) is 2.47. The van der Waals surface area contributed by atoms with Gasteiger partial charge in [0.1, 0.15) is 5.82 Å². The first kappa shape index (κ1) is 14.3. The Morgan fingerprint density at radius 1 is 1.47 bits per heavy atom. The molecule has 19 heavy (non-hydrogen) atoms. The standard InChI is InChI=1S/C15H24N2O2/c1-3-5-14-8-13(11-18)9-15(16-14)17-6-4-7-19-12(2)10-17/h8-9,12,18H,3-7,10-11H2,1-2H3. The minimum Gasteiger partial charge on any atom is -0.392 e. The molecule has 1 aliphatic heterocycles. The van der Waals surface area contributed by atoms with E-state index in [-0.39, 0.29) is 12.7 Å². The lowest BCUT2D eigenvalue weighted by atomic mass is 10.1. The zero-order valence-corrected chi connectivity index (χ0v) is 11.9. The number of aryl methyl sites for hydroxylation is 1. The number of ether oxygens (including phenoxy) is 1. The molecule has 1 aliphatic rings. The summed E-state index contributed by atoms with van der Waals surface area (Å²) in [4.78, 5) is 7.00. The average Bonchev–Trinajstić information content (AvgIpc) is 2.63. The van der Waals surface area contributed by atoms with Crippen molar-refractivity contribution in [2.45, 2.75) is 45.8 Å². The Labute approximate surface area is 115 Å². The second kappa shape index (κ2) is 6.87. The largest absolute Gasteiger partial charge is 0.392 e. The van der Waals surface area contributed by atoms with Gasteiger partial charge in [-0.15, -0.1) is 0 Å². The van der Waals surface area contributed by atoms with E-state index in [0.717, 1.165) is 56.0 Å². The minimum absolute atomic E-state index is 0.0755. The van der Waals surface area contributed by atoms with Gasteiger partial charge in [0.2, 0.25) is 0 Å². The van der Waals surface area contributed by atoms with E-state index >= 15 is 0 Å². The Hall–Kier alpha value is -1.13. The van der Waals surface area contributed by atoms with Crippen LogP contribution in [0.15, 0.2) is 12.1 Å². The highest BCUT2D eigenvalue weighted by atomic mass is 16.5. The Morgan fingerprint density at radius 3 is 3.05 bits per heavy atom. The molecule has 0 bridgehead atoms. The molecule has 0 aliphatic carbocycles. The fourth-order valence-corrected chi connectivity index (χ4v) is 2.47. The van der Waals surface area contributed by atoms with E-state index in [0.29, 0.717) is 0 Å². The van der Waals surface area contributed by atoms with Crippen molar-refractivity contribution in [2.75, 3.05) is 24.6 Å². The molecule has 1 aromatic rings. The van der Waals surface area contributed by atoms with Crippen LogP contribution in [0.1, 0.15) is 37.9 Å². The molecule has 1 N–H and O–H groups in total. The number of aliphatic hydroxyl groups is 1. The predicted molar refractivity (Wildman–Crippen MR) is 76.4 cm³/mol. The summed E-state index contributed by atoms with van der Waals surface area (Å²) in [6, 6.07) is 4.00. The third kappa shape index (κ3) is 3.91. The lowest BCUT2D eigenvalue weighted by Crippen LogP contribution is -2.31. The van der Waals surface area contributed by atoms with Crippen LogP contribution in [0.5, 0.6) is 0 Å². The average molecular weight is 264 g/mol. The van der Waals surface area contributed by atoms with Gasteiger partial charge in [0.15, 0.2) is 0 Å².